The first-order valence-electron chi connectivity index (χ1n) is 8.02. The molecule has 1 heterocycles. The standard InChI is InChI=1S/C19H29BrO/c1-13(11-18(2,3)4)9-16(20)14-7-8-17-15(10-14)12-19(5,6)21-17/h7-8,10,13,16H,9,11-12H2,1-6H3. The summed E-state index contributed by atoms with van der Waals surface area (Å²) in [7, 11) is 0. The number of ether oxygens (including phenoxy) is 1. The van der Waals surface area contributed by atoms with Crippen molar-refractivity contribution in [3.05, 3.63) is 29.3 Å². The summed E-state index contributed by atoms with van der Waals surface area (Å²) in [5, 5.41) is 0. The van der Waals surface area contributed by atoms with Crippen LogP contribution in [0.2, 0.25) is 0 Å². The molecule has 2 atom stereocenters. The molecule has 1 aliphatic rings. The zero-order valence-electron chi connectivity index (χ0n) is 14.3. The molecule has 0 amide bonds. The molecule has 1 aromatic carbocycles. The lowest BCUT2D eigenvalue weighted by atomic mass is 9.83. The summed E-state index contributed by atoms with van der Waals surface area (Å²) in [6, 6.07) is 6.68. The highest BCUT2D eigenvalue weighted by Gasteiger charge is 2.30. The molecule has 118 valence electrons. The lowest BCUT2D eigenvalue weighted by Crippen LogP contribution is -2.24. The lowest BCUT2D eigenvalue weighted by Gasteiger charge is -2.25. The van der Waals surface area contributed by atoms with E-state index in [9.17, 15) is 0 Å². The molecule has 21 heavy (non-hydrogen) atoms. The Kier molecular flexibility index (Phi) is 4.78. The van der Waals surface area contributed by atoms with Crippen LogP contribution in [0.5, 0.6) is 5.75 Å². The molecule has 0 spiro atoms. The quantitative estimate of drug-likeness (QED) is 0.577. The lowest BCUT2D eigenvalue weighted by molar-refractivity contribution is 0.138. The van der Waals surface area contributed by atoms with Crippen LogP contribution in [0.3, 0.4) is 0 Å². The average molecular weight is 353 g/mol. The van der Waals surface area contributed by atoms with E-state index >= 15 is 0 Å². The Morgan fingerprint density at radius 1 is 1.29 bits per heavy atom. The molecule has 0 aliphatic carbocycles. The second kappa shape index (κ2) is 5.95. The van der Waals surface area contributed by atoms with Crippen LogP contribution in [0.15, 0.2) is 18.2 Å². The van der Waals surface area contributed by atoms with Crippen molar-refractivity contribution < 1.29 is 4.74 Å². The van der Waals surface area contributed by atoms with E-state index in [4.69, 9.17) is 4.74 Å². The van der Waals surface area contributed by atoms with Crippen molar-refractivity contribution in [1.29, 1.82) is 0 Å². The fourth-order valence-corrected chi connectivity index (χ4v) is 4.37. The van der Waals surface area contributed by atoms with Crippen LogP contribution >= 0.6 is 15.9 Å². The minimum Gasteiger partial charge on any atom is -0.487 e. The fourth-order valence-electron chi connectivity index (χ4n) is 3.44. The monoisotopic (exact) mass is 352 g/mol. The van der Waals surface area contributed by atoms with Gasteiger partial charge in [-0.1, -0.05) is 55.8 Å². The van der Waals surface area contributed by atoms with E-state index in [-0.39, 0.29) is 5.60 Å². The molecule has 1 nitrogen and oxygen atoms in total. The van der Waals surface area contributed by atoms with Crippen LogP contribution in [0.4, 0.5) is 0 Å². The predicted molar refractivity (Wildman–Crippen MR) is 94.4 cm³/mol. The van der Waals surface area contributed by atoms with Crippen LogP contribution in [0.25, 0.3) is 0 Å². The largest absolute Gasteiger partial charge is 0.487 e. The Balaban J connectivity index is 2.03. The second-order valence-corrected chi connectivity index (χ2v) is 9.58. The zero-order chi connectivity index (χ0) is 15.8. The minimum atomic E-state index is -0.0533. The highest BCUT2D eigenvalue weighted by atomic mass is 79.9. The highest BCUT2D eigenvalue weighted by molar-refractivity contribution is 9.09. The molecule has 2 unspecified atom stereocenters. The summed E-state index contributed by atoms with van der Waals surface area (Å²) in [4.78, 5) is 0.434. The van der Waals surface area contributed by atoms with E-state index in [0.717, 1.165) is 18.1 Å². The number of benzene rings is 1. The molecule has 0 N–H and O–H groups in total. The van der Waals surface area contributed by atoms with E-state index in [1.54, 1.807) is 0 Å². The third-order valence-corrected chi connectivity index (χ3v) is 4.92. The van der Waals surface area contributed by atoms with Crippen molar-refractivity contribution in [2.45, 2.75) is 71.2 Å². The first kappa shape index (κ1) is 16.9. The van der Waals surface area contributed by atoms with Crippen molar-refractivity contribution in [2.75, 3.05) is 0 Å². The zero-order valence-corrected chi connectivity index (χ0v) is 15.9. The van der Waals surface area contributed by atoms with Crippen LogP contribution in [0.1, 0.15) is 70.3 Å². The molecule has 1 aromatic rings. The highest BCUT2D eigenvalue weighted by Crippen LogP contribution is 2.40. The van der Waals surface area contributed by atoms with Gasteiger partial charge in [-0.25, -0.2) is 0 Å². The van der Waals surface area contributed by atoms with Crippen molar-refractivity contribution in [2.24, 2.45) is 11.3 Å². The van der Waals surface area contributed by atoms with Crippen LogP contribution in [-0.2, 0) is 6.42 Å². The van der Waals surface area contributed by atoms with Crippen LogP contribution in [-0.4, -0.2) is 5.60 Å². The summed E-state index contributed by atoms with van der Waals surface area (Å²) < 4.78 is 5.96. The van der Waals surface area contributed by atoms with Crippen molar-refractivity contribution in [3.8, 4) is 5.75 Å². The van der Waals surface area contributed by atoms with Gasteiger partial charge in [0, 0.05) is 11.2 Å². The predicted octanol–water partition coefficient (Wildman–Crippen LogP) is 6.30. The van der Waals surface area contributed by atoms with Gasteiger partial charge in [-0.3, -0.25) is 0 Å². The molecule has 2 heteroatoms. The van der Waals surface area contributed by atoms with Gasteiger partial charge in [0.15, 0.2) is 0 Å². The summed E-state index contributed by atoms with van der Waals surface area (Å²) in [6.07, 6.45) is 3.45. The Morgan fingerprint density at radius 2 is 1.95 bits per heavy atom. The van der Waals surface area contributed by atoms with Gasteiger partial charge >= 0.3 is 0 Å². The van der Waals surface area contributed by atoms with E-state index < -0.39 is 0 Å². The smallest absolute Gasteiger partial charge is 0.123 e. The molecule has 2 rings (SSSR count). The van der Waals surface area contributed by atoms with E-state index in [1.807, 2.05) is 0 Å². The number of halogens is 1. The molecular formula is C19H29BrO. The van der Waals surface area contributed by atoms with Gasteiger partial charge in [-0.05, 0) is 55.2 Å². The first-order valence-corrected chi connectivity index (χ1v) is 8.93. The second-order valence-electron chi connectivity index (χ2n) is 8.48. The number of alkyl halides is 1. The first-order chi connectivity index (χ1) is 9.56. The normalized spacial score (nSPS) is 19.8. The molecule has 0 aromatic heterocycles. The summed E-state index contributed by atoms with van der Waals surface area (Å²) >= 11 is 3.89. The molecule has 0 fully saturated rings. The number of hydrogen-bond acceptors (Lipinski definition) is 1. The fraction of sp³-hybridized carbons (Fsp3) is 0.684. The third kappa shape index (κ3) is 4.74. The number of fused-ring (bicyclic) bond motifs is 1. The van der Waals surface area contributed by atoms with Gasteiger partial charge in [0.05, 0.1) is 0 Å². The Labute approximate surface area is 138 Å². The third-order valence-electron chi connectivity index (χ3n) is 4.02. The van der Waals surface area contributed by atoms with Gasteiger partial charge in [-0.15, -0.1) is 0 Å². The molecular weight excluding hydrogens is 324 g/mol. The van der Waals surface area contributed by atoms with Gasteiger partial charge in [0.2, 0.25) is 0 Å². The molecule has 1 aliphatic heterocycles. The summed E-state index contributed by atoms with van der Waals surface area (Å²) in [6.45, 7) is 13.6. The topological polar surface area (TPSA) is 9.23 Å². The number of rotatable bonds is 4. The van der Waals surface area contributed by atoms with Gasteiger partial charge < -0.3 is 4.74 Å². The van der Waals surface area contributed by atoms with E-state index in [0.29, 0.717) is 10.2 Å². The van der Waals surface area contributed by atoms with Gasteiger partial charge in [-0.2, -0.15) is 0 Å². The van der Waals surface area contributed by atoms with Crippen molar-refractivity contribution in [1.82, 2.24) is 0 Å². The van der Waals surface area contributed by atoms with Crippen molar-refractivity contribution in [3.63, 3.8) is 0 Å². The van der Waals surface area contributed by atoms with Crippen molar-refractivity contribution >= 4 is 15.9 Å². The SMILES string of the molecule is CC(CC(Br)c1ccc2c(c1)CC(C)(C)O2)CC(C)(C)C. The maximum atomic E-state index is 5.96. The molecule has 0 radical (unpaired) electrons. The minimum absolute atomic E-state index is 0.0533. The summed E-state index contributed by atoms with van der Waals surface area (Å²) in [5.74, 6) is 1.78. The van der Waals surface area contributed by atoms with E-state index in [1.165, 1.54) is 24.0 Å². The maximum Gasteiger partial charge on any atom is 0.123 e. The number of hydrogen-bond donors (Lipinski definition) is 0. The molecule has 0 bridgehead atoms. The maximum absolute atomic E-state index is 5.96. The molecule has 0 saturated carbocycles. The molecule has 0 saturated heterocycles. The Morgan fingerprint density at radius 3 is 2.57 bits per heavy atom. The summed E-state index contributed by atoms with van der Waals surface area (Å²) in [5.41, 5.74) is 3.09. The van der Waals surface area contributed by atoms with Crippen LogP contribution in [0, 0.1) is 11.3 Å². The van der Waals surface area contributed by atoms with Gasteiger partial charge in [0.25, 0.3) is 0 Å². The van der Waals surface area contributed by atoms with Gasteiger partial charge in [0.1, 0.15) is 11.4 Å². The van der Waals surface area contributed by atoms with E-state index in [2.05, 4.69) is 75.7 Å². The Hall–Kier alpha value is -0.500. The average Bonchev–Trinajstić information content (AvgIpc) is 2.58. The Bertz CT molecular complexity index is 499. The van der Waals surface area contributed by atoms with Crippen LogP contribution < -0.4 is 4.74 Å².